The first-order valence-electron chi connectivity index (χ1n) is 6.38. The van der Waals surface area contributed by atoms with Crippen molar-refractivity contribution in [1.82, 2.24) is 4.31 Å². The smallest absolute Gasteiger partial charge is 0.416 e. The Bertz CT molecular complexity index is 611. The standard InChI is InChI=1S/C12H15F3N2O3S/c13-12(14,15)9-4-5-11(18)10(8-9)16-21(19,20)17-6-2-1-3-7-17/h4-5,8,16,18H,1-3,6-7H2. The number of nitrogens with one attached hydrogen (secondary N) is 1. The summed E-state index contributed by atoms with van der Waals surface area (Å²) in [4.78, 5) is 0. The second-order valence-electron chi connectivity index (χ2n) is 4.80. The van der Waals surface area contributed by atoms with Crippen LogP contribution in [0.5, 0.6) is 5.75 Å². The molecule has 0 amide bonds. The van der Waals surface area contributed by atoms with Crippen molar-refractivity contribution in [3.05, 3.63) is 23.8 Å². The number of piperidine rings is 1. The summed E-state index contributed by atoms with van der Waals surface area (Å²) in [6.07, 6.45) is -2.29. The van der Waals surface area contributed by atoms with Gasteiger partial charge in [0.2, 0.25) is 0 Å². The van der Waals surface area contributed by atoms with E-state index in [1.807, 2.05) is 4.72 Å². The number of anilines is 1. The average Bonchev–Trinajstić information content (AvgIpc) is 2.41. The zero-order valence-corrected chi connectivity index (χ0v) is 11.8. The molecule has 2 N–H and O–H groups in total. The molecule has 1 aliphatic heterocycles. The lowest BCUT2D eigenvalue weighted by atomic mass is 10.2. The molecule has 1 heterocycles. The van der Waals surface area contributed by atoms with Gasteiger partial charge in [-0.2, -0.15) is 25.9 Å². The van der Waals surface area contributed by atoms with Gasteiger partial charge in [0.05, 0.1) is 11.3 Å². The Labute approximate surface area is 120 Å². The molecule has 0 aromatic heterocycles. The van der Waals surface area contributed by atoms with E-state index in [9.17, 15) is 26.7 Å². The molecule has 1 fully saturated rings. The van der Waals surface area contributed by atoms with Gasteiger partial charge in [-0.25, -0.2) is 0 Å². The number of hydrogen-bond donors (Lipinski definition) is 2. The highest BCUT2D eigenvalue weighted by molar-refractivity contribution is 7.90. The molecule has 0 spiro atoms. The Kier molecular flexibility index (Phi) is 4.33. The molecule has 1 aromatic carbocycles. The summed E-state index contributed by atoms with van der Waals surface area (Å²) in [7, 11) is -3.97. The van der Waals surface area contributed by atoms with Crippen molar-refractivity contribution in [3.8, 4) is 5.75 Å². The number of halogens is 3. The van der Waals surface area contributed by atoms with Gasteiger partial charge in [-0.05, 0) is 31.0 Å². The molecule has 5 nitrogen and oxygen atoms in total. The van der Waals surface area contributed by atoms with Crippen LogP contribution in [0, 0.1) is 0 Å². The van der Waals surface area contributed by atoms with Crippen LogP contribution >= 0.6 is 0 Å². The van der Waals surface area contributed by atoms with Gasteiger partial charge in [-0.1, -0.05) is 6.42 Å². The molecule has 2 rings (SSSR count). The van der Waals surface area contributed by atoms with Gasteiger partial charge in [-0.15, -0.1) is 0 Å². The molecule has 0 atom stereocenters. The maximum atomic E-state index is 12.6. The topological polar surface area (TPSA) is 69.6 Å². The van der Waals surface area contributed by atoms with E-state index in [1.54, 1.807) is 0 Å². The highest BCUT2D eigenvalue weighted by atomic mass is 32.2. The summed E-state index contributed by atoms with van der Waals surface area (Å²) in [6, 6.07) is 2.09. The van der Waals surface area contributed by atoms with Gasteiger partial charge in [0, 0.05) is 13.1 Å². The molecule has 118 valence electrons. The lowest BCUT2D eigenvalue weighted by Gasteiger charge is -2.26. The zero-order valence-electron chi connectivity index (χ0n) is 11.0. The highest BCUT2D eigenvalue weighted by Gasteiger charge is 2.32. The van der Waals surface area contributed by atoms with Crippen LogP contribution in [0.3, 0.4) is 0 Å². The molecular formula is C12H15F3N2O3S. The molecule has 21 heavy (non-hydrogen) atoms. The van der Waals surface area contributed by atoms with Crippen molar-refractivity contribution < 1.29 is 26.7 Å². The fourth-order valence-electron chi connectivity index (χ4n) is 2.10. The average molecular weight is 324 g/mol. The van der Waals surface area contributed by atoms with E-state index >= 15 is 0 Å². The molecular weight excluding hydrogens is 309 g/mol. The van der Waals surface area contributed by atoms with E-state index < -0.39 is 33.4 Å². The van der Waals surface area contributed by atoms with E-state index in [0.717, 1.165) is 16.8 Å². The summed E-state index contributed by atoms with van der Waals surface area (Å²) >= 11 is 0. The van der Waals surface area contributed by atoms with E-state index in [-0.39, 0.29) is 0 Å². The SMILES string of the molecule is O=S(=O)(Nc1cc(C(F)(F)F)ccc1O)N1CCCCC1. The number of benzene rings is 1. The first kappa shape index (κ1) is 15.9. The summed E-state index contributed by atoms with van der Waals surface area (Å²) in [5.41, 5.74) is -1.51. The third-order valence-corrected chi connectivity index (χ3v) is 4.74. The van der Waals surface area contributed by atoms with Crippen LogP contribution in [0.2, 0.25) is 0 Å². The highest BCUT2D eigenvalue weighted by Crippen LogP contribution is 2.35. The first-order valence-corrected chi connectivity index (χ1v) is 7.82. The van der Waals surface area contributed by atoms with Gasteiger partial charge >= 0.3 is 16.4 Å². The number of hydrogen-bond acceptors (Lipinski definition) is 3. The molecule has 1 saturated heterocycles. The van der Waals surface area contributed by atoms with Gasteiger partial charge < -0.3 is 5.11 Å². The van der Waals surface area contributed by atoms with Crippen molar-refractivity contribution in [1.29, 1.82) is 0 Å². The van der Waals surface area contributed by atoms with E-state index in [2.05, 4.69) is 0 Å². The molecule has 0 unspecified atom stereocenters. The number of nitrogens with zero attached hydrogens (tertiary/aromatic N) is 1. The van der Waals surface area contributed by atoms with Gasteiger partial charge in [0.1, 0.15) is 5.75 Å². The second-order valence-corrected chi connectivity index (χ2v) is 6.47. The zero-order chi connectivity index (χ0) is 15.7. The third-order valence-electron chi connectivity index (χ3n) is 3.22. The van der Waals surface area contributed by atoms with Crippen molar-refractivity contribution in [2.45, 2.75) is 25.4 Å². The lowest BCUT2D eigenvalue weighted by molar-refractivity contribution is -0.137. The minimum absolute atomic E-state index is 0.315. The normalized spacial score (nSPS) is 17.7. The van der Waals surface area contributed by atoms with Crippen LogP contribution in [0.25, 0.3) is 0 Å². The predicted molar refractivity (Wildman–Crippen MR) is 71.1 cm³/mol. The summed E-state index contributed by atoms with van der Waals surface area (Å²) in [6.45, 7) is 0.629. The Morgan fingerprint density at radius 3 is 2.33 bits per heavy atom. The third kappa shape index (κ3) is 3.79. The molecule has 1 aromatic rings. The Hall–Kier alpha value is -1.48. The van der Waals surface area contributed by atoms with Crippen LogP contribution in [-0.4, -0.2) is 30.9 Å². The molecule has 0 radical (unpaired) electrons. The fraction of sp³-hybridized carbons (Fsp3) is 0.500. The molecule has 9 heteroatoms. The number of aromatic hydroxyl groups is 1. The second kappa shape index (κ2) is 5.72. The minimum Gasteiger partial charge on any atom is -0.506 e. The quantitative estimate of drug-likeness (QED) is 0.840. The van der Waals surface area contributed by atoms with Crippen LogP contribution in [0.15, 0.2) is 18.2 Å². The van der Waals surface area contributed by atoms with Crippen LogP contribution < -0.4 is 4.72 Å². The summed E-state index contributed by atoms with van der Waals surface area (Å²) in [5, 5.41) is 9.55. The monoisotopic (exact) mass is 324 g/mol. The van der Waals surface area contributed by atoms with Crippen LogP contribution in [0.4, 0.5) is 18.9 Å². The Balaban J connectivity index is 2.26. The Morgan fingerprint density at radius 1 is 1.14 bits per heavy atom. The molecule has 0 saturated carbocycles. The van der Waals surface area contributed by atoms with Crippen molar-refractivity contribution in [3.63, 3.8) is 0 Å². The van der Waals surface area contributed by atoms with Crippen molar-refractivity contribution in [2.75, 3.05) is 17.8 Å². The number of rotatable bonds is 3. The van der Waals surface area contributed by atoms with Crippen LogP contribution in [0.1, 0.15) is 24.8 Å². The maximum absolute atomic E-state index is 12.6. The van der Waals surface area contributed by atoms with E-state index in [4.69, 9.17) is 0 Å². The van der Waals surface area contributed by atoms with Crippen molar-refractivity contribution >= 4 is 15.9 Å². The van der Waals surface area contributed by atoms with E-state index in [1.165, 1.54) is 0 Å². The molecule has 1 aliphatic rings. The fourth-order valence-corrected chi connectivity index (χ4v) is 3.41. The predicted octanol–water partition coefficient (Wildman–Crippen LogP) is 2.55. The minimum atomic E-state index is -4.61. The van der Waals surface area contributed by atoms with Gasteiger partial charge in [-0.3, -0.25) is 4.72 Å². The lowest BCUT2D eigenvalue weighted by Crippen LogP contribution is -2.39. The first-order chi connectivity index (χ1) is 9.70. The van der Waals surface area contributed by atoms with Crippen molar-refractivity contribution in [2.24, 2.45) is 0 Å². The number of phenolic OH excluding ortho intramolecular Hbond substituents is 1. The van der Waals surface area contributed by atoms with E-state index in [0.29, 0.717) is 38.1 Å². The molecule has 0 bridgehead atoms. The van der Waals surface area contributed by atoms with Gasteiger partial charge in [0.25, 0.3) is 0 Å². The Morgan fingerprint density at radius 2 is 1.76 bits per heavy atom. The van der Waals surface area contributed by atoms with Crippen LogP contribution in [-0.2, 0) is 16.4 Å². The number of alkyl halides is 3. The number of phenols is 1. The summed E-state index contributed by atoms with van der Waals surface area (Å²) < 4.78 is 65.2. The largest absolute Gasteiger partial charge is 0.506 e. The maximum Gasteiger partial charge on any atom is 0.416 e. The molecule has 0 aliphatic carbocycles. The van der Waals surface area contributed by atoms with Gasteiger partial charge in [0.15, 0.2) is 0 Å². The summed E-state index contributed by atoms with van der Waals surface area (Å²) in [5.74, 6) is -0.552.